The number of nitrogens with zero attached hydrogens (tertiary/aromatic N) is 1. The van der Waals surface area contributed by atoms with E-state index in [-0.39, 0.29) is 23.9 Å². The van der Waals surface area contributed by atoms with E-state index in [0.29, 0.717) is 18.7 Å². The van der Waals surface area contributed by atoms with Crippen molar-refractivity contribution >= 4 is 15.9 Å². The van der Waals surface area contributed by atoms with E-state index >= 15 is 0 Å². The van der Waals surface area contributed by atoms with Crippen LogP contribution in [0.1, 0.15) is 27.9 Å². The summed E-state index contributed by atoms with van der Waals surface area (Å²) < 4.78 is 32.3. The number of hydrogen-bond donors (Lipinski definition) is 1. The lowest BCUT2D eigenvalue weighted by molar-refractivity contribution is 0.0948. The molecule has 0 radical (unpaired) electrons. The first-order valence-corrected chi connectivity index (χ1v) is 10.9. The minimum atomic E-state index is -3.65. The number of hydrogen-bond acceptors (Lipinski definition) is 4. The smallest absolute Gasteiger partial charge is 0.251 e. The van der Waals surface area contributed by atoms with Crippen molar-refractivity contribution in [2.75, 3.05) is 26.8 Å². The fraction of sp³-hybridized carbons (Fsp3) is 0.318. The molecular formula is C22H28N2O4S. The second-order valence-electron chi connectivity index (χ2n) is 6.70. The topological polar surface area (TPSA) is 75.7 Å². The molecule has 0 fully saturated rings. The van der Waals surface area contributed by atoms with Crippen molar-refractivity contribution in [3.8, 4) is 0 Å². The molecule has 0 aliphatic heterocycles. The number of amides is 1. The third-order valence-electron chi connectivity index (χ3n) is 4.38. The van der Waals surface area contributed by atoms with Gasteiger partial charge in [0.15, 0.2) is 0 Å². The van der Waals surface area contributed by atoms with E-state index in [1.807, 2.05) is 6.92 Å². The van der Waals surface area contributed by atoms with E-state index in [1.54, 1.807) is 61.7 Å². The van der Waals surface area contributed by atoms with Crippen LogP contribution in [0, 0.1) is 6.92 Å². The number of sulfonamides is 1. The van der Waals surface area contributed by atoms with Gasteiger partial charge < -0.3 is 10.1 Å². The summed E-state index contributed by atoms with van der Waals surface area (Å²) in [6.45, 7) is 7.10. The van der Waals surface area contributed by atoms with Crippen LogP contribution in [0.25, 0.3) is 0 Å². The van der Waals surface area contributed by atoms with E-state index in [4.69, 9.17) is 4.74 Å². The molecule has 1 amide bonds. The highest BCUT2D eigenvalue weighted by molar-refractivity contribution is 7.89. The lowest BCUT2D eigenvalue weighted by Crippen LogP contribution is -2.31. The third kappa shape index (κ3) is 6.52. The van der Waals surface area contributed by atoms with E-state index in [9.17, 15) is 13.2 Å². The Morgan fingerprint density at radius 1 is 1.14 bits per heavy atom. The fourth-order valence-electron chi connectivity index (χ4n) is 2.74. The quantitative estimate of drug-likeness (QED) is 0.451. The van der Waals surface area contributed by atoms with Crippen LogP contribution in [-0.2, 0) is 21.3 Å². The predicted molar refractivity (Wildman–Crippen MR) is 114 cm³/mol. The molecule has 0 unspecified atom stereocenters. The average molecular weight is 417 g/mol. The molecule has 6 nitrogen and oxygen atoms in total. The number of carbonyl (C=O) groups excluding carboxylic acids is 1. The van der Waals surface area contributed by atoms with Crippen LogP contribution in [0.3, 0.4) is 0 Å². The number of nitrogens with one attached hydrogen (secondary N) is 1. The molecule has 0 bridgehead atoms. The van der Waals surface area contributed by atoms with Crippen LogP contribution in [0.4, 0.5) is 0 Å². The van der Waals surface area contributed by atoms with Crippen molar-refractivity contribution in [1.82, 2.24) is 9.62 Å². The van der Waals surface area contributed by atoms with Crippen LogP contribution >= 0.6 is 0 Å². The second kappa shape index (κ2) is 10.9. The van der Waals surface area contributed by atoms with Crippen LogP contribution in [-0.4, -0.2) is 45.4 Å². The summed E-state index contributed by atoms with van der Waals surface area (Å²) in [5.74, 6) is -0.164. The van der Waals surface area contributed by atoms with E-state index in [0.717, 1.165) is 17.5 Å². The molecular weight excluding hydrogens is 388 g/mol. The second-order valence-corrected chi connectivity index (χ2v) is 8.64. The molecule has 0 spiro atoms. The van der Waals surface area contributed by atoms with Gasteiger partial charge in [0.25, 0.3) is 5.91 Å². The Bertz CT molecular complexity index is 907. The summed E-state index contributed by atoms with van der Waals surface area (Å²) in [4.78, 5) is 12.4. The van der Waals surface area contributed by atoms with Gasteiger partial charge in [-0.1, -0.05) is 35.9 Å². The Morgan fingerprint density at radius 3 is 2.38 bits per heavy atom. The van der Waals surface area contributed by atoms with Gasteiger partial charge in [0.1, 0.15) is 0 Å². The lowest BCUT2D eigenvalue weighted by Gasteiger charge is -2.21. The zero-order valence-electron chi connectivity index (χ0n) is 16.9. The summed E-state index contributed by atoms with van der Waals surface area (Å²) in [6.07, 6.45) is 2.31. The first-order chi connectivity index (χ1) is 13.9. The number of rotatable bonds is 11. The Hall–Kier alpha value is -2.48. The molecule has 0 aliphatic carbocycles. The SMILES string of the molecule is C=CCN(Cc1ccc(C(=O)NCCCOC)cc1)S(=O)(=O)c1ccc(C)cc1. The molecule has 0 aromatic heterocycles. The Kier molecular flexibility index (Phi) is 8.57. The maximum absolute atomic E-state index is 13.0. The summed E-state index contributed by atoms with van der Waals surface area (Å²) in [5.41, 5.74) is 2.32. The van der Waals surface area contributed by atoms with Crippen molar-refractivity contribution in [3.05, 3.63) is 77.9 Å². The van der Waals surface area contributed by atoms with Gasteiger partial charge in [0.2, 0.25) is 10.0 Å². The molecule has 0 heterocycles. The molecule has 0 saturated carbocycles. The standard InChI is InChI=1S/C22H28N2O4S/c1-4-15-24(29(26,27)21-12-6-18(2)7-13-21)17-19-8-10-20(11-9-19)22(25)23-14-5-16-28-3/h4,6-13H,1,5,14-17H2,2-3H3,(H,23,25). The molecule has 2 aromatic carbocycles. The largest absolute Gasteiger partial charge is 0.385 e. The highest BCUT2D eigenvalue weighted by Gasteiger charge is 2.23. The van der Waals surface area contributed by atoms with Crippen molar-refractivity contribution in [3.63, 3.8) is 0 Å². The van der Waals surface area contributed by atoms with E-state index in [1.165, 1.54) is 4.31 Å². The molecule has 0 atom stereocenters. The Labute approximate surface area is 173 Å². The average Bonchev–Trinajstić information content (AvgIpc) is 2.71. The van der Waals surface area contributed by atoms with Crippen LogP contribution in [0.15, 0.2) is 66.1 Å². The number of ether oxygens (including phenoxy) is 1. The highest BCUT2D eigenvalue weighted by Crippen LogP contribution is 2.19. The number of carbonyl (C=O) groups is 1. The van der Waals surface area contributed by atoms with Gasteiger partial charge in [-0.2, -0.15) is 4.31 Å². The molecule has 1 N–H and O–H groups in total. The molecule has 29 heavy (non-hydrogen) atoms. The summed E-state index contributed by atoms with van der Waals surface area (Å²) >= 11 is 0. The highest BCUT2D eigenvalue weighted by atomic mass is 32.2. The summed E-state index contributed by atoms with van der Waals surface area (Å²) in [7, 11) is -2.03. The maximum atomic E-state index is 13.0. The van der Waals surface area contributed by atoms with Crippen LogP contribution in [0.2, 0.25) is 0 Å². The Balaban J connectivity index is 2.09. The van der Waals surface area contributed by atoms with Gasteiger partial charge in [-0.15, -0.1) is 6.58 Å². The molecule has 0 aliphatic rings. The van der Waals surface area contributed by atoms with Crippen molar-refractivity contribution in [1.29, 1.82) is 0 Å². The predicted octanol–water partition coefficient (Wildman–Crippen LogP) is 3.14. The first-order valence-electron chi connectivity index (χ1n) is 9.42. The zero-order chi connectivity index (χ0) is 21.3. The molecule has 7 heteroatoms. The molecule has 156 valence electrons. The van der Waals surface area contributed by atoms with Crippen molar-refractivity contribution < 1.29 is 17.9 Å². The third-order valence-corrected chi connectivity index (χ3v) is 6.20. The van der Waals surface area contributed by atoms with Crippen molar-refractivity contribution in [2.24, 2.45) is 0 Å². The fourth-order valence-corrected chi connectivity index (χ4v) is 4.14. The van der Waals surface area contributed by atoms with Gasteiger partial charge in [-0.3, -0.25) is 4.79 Å². The van der Waals surface area contributed by atoms with Crippen molar-refractivity contribution in [2.45, 2.75) is 24.8 Å². The Morgan fingerprint density at radius 2 is 1.79 bits per heavy atom. The lowest BCUT2D eigenvalue weighted by atomic mass is 10.1. The maximum Gasteiger partial charge on any atom is 0.251 e. The van der Waals surface area contributed by atoms with Gasteiger partial charge >= 0.3 is 0 Å². The number of methoxy groups -OCH3 is 1. The monoisotopic (exact) mass is 416 g/mol. The van der Waals surface area contributed by atoms with Gasteiger partial charge in [0, 0.05) is 38.9 Å². The normalized spacial score (nSPS) is 11.4. The zero-order valence-corrected chi connectivity index (χ0v) is 17.7. The number of benzene rings is 2. The van der Waals surface area contributed by atoms with Gasteiger partial charge in [-0.05, 0) is 43.2 Å². The first kappa shape index (κ1) is 22.8. The molecule has 0 saturated heterocycles. The number of aryl methyl sites for hydroxylation is 1. The van der Waals surface area contributed by atoms with Gasteiger partial charge in [0.05, 0.1) is 4.90 Å². The minimum absolute atomic E-state index is 0.164. The molecule has 2 aromatic rings. The molecule has 2 rings (SSSR count). The summed E-state index contributed by atoms with van der Waals surface area (Å²) in [6, 6.07) is 13.7. The van der Waals surface area contributed by atoms with Crippen LogP contribution in [0.5, 0.6) is 0 Å². The van der Waals surface area contributed by atoms with E-state index < -0.39 is 10.0 Å². The van der Waals surface area contributed by atoms with E-state index in [2.05, 4.69) is 11.9 Å². The minimum Gasteiger partial charge on any atom is -0.385 e. The van der Waals surface area contributed by atoms with Gasteiger partial charge in [-0.25, -0.2) is 8.42 Å². The van der Waals surface area contributed by atoms with Crippen LogP contribution < -0.4 is 5.32 Å². The summed E-state index contributed by atoms with van der Waals surface area (Å²) in [5, 5.41) is 2.83.